The molecule has 2 N–H and O–H groups in total. The highest BCUT2D eigenvalue weighted by molar-refractivity contribution is 9.10. The summed E-state index contributed by atoms with van der Waals surface area (Å²) in [7, 11) is 0. The Morgan fingerprint density at radius 3 is 2.90 bits per heavy atom. The summed E-state index contributed by atoms with van der Waals surface area (Å²) in [5, 5.41) is 11.9. The Labute approximate surface area is 126 Å². The highest BCUT2D eigenvalue weighted by atomic mass is 79.9. The maximum Gasteiger partial charge on any atom is 0.320 e. The number of hydrogen-bond donors (Lipinski definition) is 2. The lowest BCUT2D eigenvalue weighted by molar-refractivity contribution is -0.142. The molecule has 0 bridgehead atoms. The number of carbonyl (C=O) groups is 2. The van der Waals surface area contributed by atoms with Crippen molar-refractivity contribution in [2.75, 3.05) is 18.4 Å². The molecule has 108 valence electrons. The van der Waals surface area contributed by atoms with E-state index >= 15 is 0 Å². The number of carboxylic acid groups (broad SMARTS) is 1. The lowest BCUT2D eigenvalue weighted by atomic mass is 10.2. The van der Waals surface area contributed by atoms with Gasteiger partial charge in [0, 0.05) is 4.47 Å². The van der Waals surface area contributed by atoms with Crippen molar-refractivity contribution in [3.05, 3.63) is 28.2 Å². The molecule has 1 aliphatic heterocycles. The van der Waals surface area contributed by atoms with Gasteiger partial charge in [-0.25, -0.2) is 0 Å². The Kier molecular flexibility index (Phi) is 4.77. The zero-order valence-corrected chi connectivity index (χ0v) is 12.8. The van der Waals surface area contributed by atoms with Gasteiger partial charge >= 0.3 is 5.97 Å². The van der Waals surface area contributed by atoms with E-state index in [9.17, 15) is 9.59 Å². The number of amides is 1. The van der Waals surface area contributed by atoms with E-state index in [4.69, 9.17) is 5.11 Å². The molecular weight excluding hydrogens is 324 g/mol. The second kappa shape index (κ2) is 6.37. The predicted octanol–water partition coefficient (Wildman–Crippen LogP) is 2.25. The number of nitrogens with zero attached hydrogens (tertiary/aromatic N) is 1. The third-order valence-electron chi connectivity index (χ3n) is 3.39. The summed E-state index contributed by atoms with van der Waals surface area (Å²) >= 11 is 3.40. The van der Waals surface area contributed by atoms with Crippen molar-refractivity contribution in [2.24, 2.45) is 0 Å². The van der Waals surface area contributed by atoms with Crippen molar-refractivity contribution in [1.29, 1.82) is 0 Å². The number of rotatable bonds is 4. The summed E-state index contributed by atoms with van der Waals surface area (Å²) in [6, 6.07) is 5.12. The van der Waals surface area contributed by atoms with Gasteiger partial charge in [-0.3, -0.25) is 14.5 Å². The van der Waals surface area contributed by atoms with Crippen LogP contribution in [0.5, 0.6) is 0 Å². The standard InChI is InChI=1S/C14H17BrN2O3/c1-9-4-5-11(10(15)7-9)16-13(18)8-17-6-2-3-12(17)14(19)20/h4-5,7,12H,2-3,6,8H2,1H3,(H,16,18)(H,19,20)/t12-/m0/s1. The van der Waals surface area contributed by atoms with Gasteiger partial charge < -0.3 is 10.4 Å². The maximum atomic E-state index is 12.0. The van der Waals surface area contributed by atoms with Gasteiger partial charge in [-0.1, -0.05) is 6.07 Å². The van der Waals surface area contributed by atoms with Gasteiger partial charge in [0.25, 0.3) is 0 Å². The van der Waals surface area contributed by atoms with Crippen molar-refractivity contribution < 1.29 is 14.7 Å². The number of carboxylic acids is 1. The fourth-order valence-corrected chi connectivity index (χ4v) is 2.98. The predicted molar refractivity (Wildman–Crippen MR) is 79.7 cm³/mol. The highest BCUT2D eigenvalue weighted by Gasteiger charge is 2.31. The summed E-state index contributed by atoms with van der Waals surface area (Å²) in [4.78, 5) is 24.8. The molecule has 5 nitrogen and oxygen atoms in total. The minimum absolute atomic E-state index is 0.108. The van der Waals surface area contributed by atoms with Gasteiger partial charge in [0.15, 0.2) is 0 Å². The fourth-order valence-electron chi connectivity index (χ4n) is 2.39. The van der Waals surface area contributed by atoms with Gasteiger partial charge in [-0.2, -0.15) is 0 Å². The molecule has 0 saturated carbocycles. The number of aryl methyl sites for hydroxylation is 1. The first-order valence-corrected chi connectivity index (χ1v) is 7.29. The molecule has 0 radical (unpaired) electrons. The van der Waals surface area contributed by atoms with E-state index in [1.807, 2.05) is 25.1 Å². The number of hydrogen-bond acceptors (Lipinski definition) is 3. The van der Waals surface area contributed by atoms with Gasteiger partial charge in [-0.15, -0.1) is 0 Å². The van der Waals surface area contributed by atoms with Crippen molar-refractivity contribution >= 4 is 33.5 Å². The van der Waals surface area contributed by atoms with E-state index in [1.54, 1.807) is 4.90 Å². The Bertz CT molecular complexity index is 533. The number of anilines is 1. The average Bonchev–Trinajstić information content (AvgIpc) is 2.81. The van der Waals surface area contributed by atoms with E-state index in [0.717, 1.165) is 16.5 Å². The van der Waals surface area contributed by atoms with Crippen LogP contribution < -0.4 is 5.32 Å². The molecule has 1 atom stereocenters. The van der Waals surface area contributed by atoms with Crippen LogP contribution in [-0.4, -0.2) is 41.0 Å². The van der Waals surface area contributed by atoms with Crippen LogP contribution in [0.2, 0.25) is 0 Å². The van der Waals surface area contributed by atoms with Crippen LogP contribution >= 0.6 is 15.9 Å². The molecule has 1 amide bonds. The molecule has 6 heteroatoms. The van der Waals surface area contributed by atoms with Crippen LogP contribution in [0.4, 0.5) is 5.69 Å². The number of aliphatic carboxylic acids is 1. The van der Waals surface area contributed by atoms with Crippen molar-refractivity contribution in [3.8, 4) is 0 Å². The van der Waals surface area contributed by atoms with Crippen LogP contribution in [0.15, 0.2) is 22.7 Å². The van der Waals surface area contributed by atoms with Crippen LogP contribution in [0, 0.1) is 6.92 Å². The minimum atomic E-state index is -0.855. The van der Waals surface area contributed by atoms with Crippen LogP contribution in [0.3, 0.4) is 0 Å². The topological polar surface area (TPSA) is 69.6 Å². The Morgan fingerprint density at radius 2 is 2.25 bits per heavy atom. The number of likely N-dealkylation sites (tertiary alicyclic amines) is 1. The smallest absolute Gasteiger partial charge is 0.320 e. The summed E-state index contributed by atoms with van der Waals surface area (Å²) in [5.74, 6) is -1.05. The fraction of sp³-hybridized carbons (Fsp3) is 0.429. The minimum Gasteiger partial charge on any atom is -0.480 e. The van der Waals surface area contributed by atoms with Crippen molar-refractivity contribution in [2.45, 2.75) is 25.8 Å². The number of carbonyl (C=O) groups excluding carboxylic acids is 1. The highest BCUT2D eigenvalue weighted by Crippen LogP contribution is 2.23. The molecular formula is C14H17BrN2O3. The average molecular weight is 341 g/mol. The van der Waals surface area contributed by atoms with Gasteiger partial charge in [0.05, 0.1) is 12.2 Å². The maximum absolute atomic E-state index is 12.0. The zero-order chi connectivity index (χ0) is 14.7. The molecule has 2 rings (SSSR count). The van der Waals surface area contributed by atoms with E-state index in [-0.39, 0.29) is 12.5 Å². The van der Waals surface area contributed by atoms with Crippen LogP contribution in [-0.2, 0) is 9.59 Å². The second-order valence-corrected chi connectivity index (χ2v) is 5.85. The van der Waals surface area contributed by atoms with Gasteiger partial charge in [-0.05, 0) is 59.9 Å². The third kappa shape index (κ3) is 3.58. The van der Waals surface area contributed by atoms with E-state index in [0.29, 0.717) is 18.7 Å². The summed E-state index contributed by atoms with van der Waals surface area (Å²) < 4.78 is 0.821. The summed E-state index contributed by atoms with van der Waals surface area (Å²) in [5.41, 5.74) is 1.80. The Balaban J connectivity index is 1.97. The molecule has 1 saturated heterocycles. The van der Waals surface area contributed by atoms with Crippen LogP contribution in [0.25, 0.3) is 0 Å². The zero-order valence-electron chi connectivity index (χ0n) is 11.2. The number of halogens is 1. The second-order valence-electron chi connectivity index (χ2n) is 5.00. The molecule has 1 aromatic rings. The first-order chi connectivity index (χ1) is 9.47. The molecule has 1 heterocycles. The molecule has 1 fully saturated rings. The third-order valence-corrected chi connectivity index (χ3v) is 4.05. The lowest BCUT2D eigenvalue weighted by Gasteiger charge is -2.20. The van der Waals surface area contributed by atoms with E-state index in [1.165, 1.54) is 0 Å². The first kappa shape index (κ1) is 15.0. The largest absolute Gasteiger partial charge is 0.480 e. The van der Waals surface area contributed by atoms with Gasteiger partial charge in [0.1, 0.15) is 6.04 Å². The van der Waals surface area contributed by atoms with Crippen molar-refractivity contribution in [3.63, 3.8) is 0 Å². The molecule has 0 unspecified atom stereocenters. The molecule has 1 aromatic carbocycles. The normalized spacial score (nSPS) is 19.0. The number of nitrogens with one attached hydrogen (secondary N) is 1. The van der Waals surface area contributed by atoms with E-state index in [2.05, 4.69) is 21.2 Å². The molecule has 20 heavy (non-hydrogen) atoms. The van der Waals surface area contributed by atoms with Crippen LogP contribution in [0.1, 0.15) is 18.4 Å². The van der Waals surface area contributed by atoms with E-state index < -0.39 is 12.0 Å². The lowest BCUT2D eigenvalue weighted by Crippen LogP contribution is -2.40. The summed E-state index contributed by atoms with van der Waals surface area (Å²) in [6.45, 7) is 2.73. The first-order valence-electron chi connectivity index (χ1n) is 6.50. The van der Waals surface area contributed by atoms with Crippen molar-refractivity contribution in [1.82, 2.24) is 4.90 Å². The Morgan fingerprint density at radius 1 is 1.50 bits per heavy atom. The van der Waals surface area contributed by atoms with Gasteiger partial charge in [0.2, 0.25) is 5.91 Å². The molecule has 0 aliphatic carbocycles. The molecule has 1 aliphatic rings. The quantitative estimate of drug-likeness (QED) is 0.881. The molecule has 0 aromatic heterocycles. The molecule has 0 spiro atoms. The monoisotopic (exact) mass is 340 g/mol. The Hall–Kier alpha value is -1.40. The summed E-state index contributed by atoms with van der Waals surface area (Å²) in [6.07, 6.45) is 1.43. The number of benzene rings is 1. The SMILES string of the molecule is Cc1ccc(NC(=O)CN2CCC[C@H]2C(=O)O)c(Br)c1.